The molecule has 1 aromatic carbocycles. The van der Waals surface area contributed by atoms with Crippen LogP contribution in [0, 0.1) is 21.4 Å². The van der Waals surface area contributed by atoms with E-state index in [-0.39, 0.29) is 16.9 Å². The minimum absolute atomic E-state index is 0.00188. The van der Waals surface area contributed by atoms with Crippen LogP contribution in [-0.4, -0.2) is 27.9 Å². The number of amides is 1. The van der Waals surface area contributed by atoms with Gasteiger partial charge in [0.15, 0.2) is 0 Å². The third-order valence-electron chi connectivity index (χ3n) is 3.08. The number of nitriles is 1. The smallest absolute Gasteiger partial charge is 0.292 e. The van der Waals surface area contributed by atoms with Crippen molar-refractivity contribution < 1.29 is 9.72 Å². The molecule has 0 saturated carbocycles. The highest BCUT2D eigenvalue weighted by Gasteiger charge is 2.36. The summed E-state index contributed by atoms with van der Waals surface area (Å²) in [5.41, 5.74) is 4.39. The number of nitrogens with zero attached hydrogens (tertiary/aromatic N) is 2. The molecule has 1 aromatic rings. The first-order valence-electron chi connectivity index (χ1n) is 5.83. The Bertz CT molecular complexity index is 605. The van der Waals surface area contributed by atoms with Crippen LogP contribution in [0.3, 0.4) is 0 Å². The molecule has 0 aromatic heterocycles. The summed E-state index contributed by atoms with van der Waals surface area (Å²) in [5.74, 6) is 0.819. The Balaban J connectivity index is 2.24. The van der Waals surface area contributed by atoms with Crippen molar-refractivity contribution in [1.29, 1.82) is 5.26 Å². The van der Waals surface area contributed by atoms with Crippen molar-refractivity contribution in [3.8, 4) is 6.07 Å². The van der Waals surface area contributed by atoms with Gasteiger partial charge in [-0.05, 0) is 24.3 Å². The first-order chi connectivity index (χ1) is 9.47. The van der Waals surface area contributed by atoms with Crippen molar-refractivity contribution in [2.45, 2.75) is 12.0 Å². The van der Waals surface area contributed by atoms with Crippen LogP contribution in [0.4, 0.5) is 11.4 Å². The van der Waals surface area contributed by atoms with Gasteiger partial charge in [-0.2, -0.15) is 17.0 Å². The van der Waals surface area contributed by atoms with Gasteiger partial charge >= 0.3 is 0 Å². The van der Waals surface area contributed by atoms with Crippen LogP contribution in [0.25, 0.3) is 0 Å². The lowest BCUT2D eigenvalue weighted by molar-refractivity contribution is -0.383. The normalized spacial score (nSPS) is 21.1. The van der Waals surface area contributed by atoms with E-state index in [1.54, 1.807) is 11.8 Å². The van der Waals surface area contributed by atoms with Gasteiger partial charge in [0.05, 0.1) is 11.0 Å². The molecule has 8 heteroatoms. The summed E-state index contributed by atoms with van der Waals surface area (Å²) in [7, 11) is 0. The van der Waals surface area contributed by atoms with E-state index in [9.17, 15) is 20.2 Å². The number of nitrogens with two attached hydrogens (primary N) is 1. The van der Waals surface area contributed by atoms with Gasteiger partial charge in [0.2, 0.25) is 0 Å². The number of rotatable bonds is 3. The van der Waals surface area contributed by atoms with Gasteiger partial charge in [0, 0.05) is 17.4 Å². The van der Waals surface area contributed by atoms with Gasteiger partial charge in [-0.25, -0.2) is 0 Å². The maximum absolute atomic E-state index is 12.1. The molecule has 104 valence electrons. The molecule has 20 heavy (non-hydrogen) atoms. The molecule has 0 spiro atoms. The Hall–Kier alpha value is -2.27. The van der Waals surface area contributed by atoms with Gasteiger partial charge in [0.1, 0.15) is 11.2 Å². The predicted molar refractivity (Wildman–Crippen MR) is 75.3 cm³/mol. The lowest BCUT2D eigenvalue weighted by atomic mass is 10.0. The average Bonchev–Trinajstić information content (AvgIpc) is 2.88. The molecule has 7 nitrogen and oxygen atoms in total. The van der Waals surface area contributed by atoms with E-state index in [1.165, 1.54) is 12.1 Å². The number of hydrogen-bond donors (Lipinski definition) is 2. The lowest BCUT2D eigenvalue weighted by Crippen LogP contribution is -2.47. The fraction of sp³-hybridized carbons (Fsp3) is 0.333. The van der Waals surface area contributed by atoms with Crippen molar-refractivity contribution in [3.63, 3.8) is 0 Å². The molecule has 1 aliphatic rings. The summed E-state index contributed by atoms with van der Waals surface area (Å²) in [4.78, 5) is 22.3. The van der Waals surface area contributed by atoms with Crippen LogP contribution in [0.2, 0.25) is 0 Å². The van der Waals surface area contributed by atoms with E-state index in [4.69, 9.17) is 5.73 Å². The molecule has 0 bridgehead atoms. The number of anilines is 1. The van der Waals surface area contributed by atoms with Crippen molar-refractivity contribution in [2.75, 3.05) is 17.2 Å². The fourth-order valence-electron chi connectivity index (χ4n) is 1.91. The molecule has 0 aliphatic carbocycles. The third-order valence-corrected chi connectivity index (χ3v) is 4.27. The molecule has 2 rings (SSSR count). The van der Waals surface area contributed by atoms with Crippen LogP contribution in [-0.2, 0) is 0 Å². The first-order valence-corrected chi connectivity index (χ1v) is 6.98. The van der Waals surface area contributed by atoms with Gasteiger partial charge in [0.25, 0.3) is 11.6 Å². The maximum atomic E-state index is 12.1. The first kappa shape index (κ1) is 14.1. The van der Waals surface area contributed by atoms with Crippen LogP contribution < -0.4 is 11.1 Å². The summed E-state index contributed by atoms with van der Waals surface area (Å²) in [6.45, 7) is 0. The van der Waals surface area contributed by atoms with E-state index < -0.39 is 16.4 Å². The molecule has 1 unspecified atom stereocenters. The Morgan fingerprint density at radius 1 is 1.60 bits per heavy atom. The highest BCUT2D eigenvalue weighted by atomic mass is 32.2. The third kappa shape index (κ3) is 2.67. The highest BCUT2D eigenvalue weighted by molar-refractivity contribution is 7.99. The number of nitrogens with one attached hydrogen (secondary N) is 1. The molecule has 1 saturated heterocycles. The zero-order chi connectivity index (χ0) is 14.8. The quantitative estimate of drug-likeness (QED) is 0.492. The van der Waals surface area contributed by atoms with Crippen LogP contribution in [0.15, 0.2) is 18.2 Å². The number of benzene rings is 1. The molecular formula is C12H12N4O3S. The number of hydrogen-bond acceptors (Lipinski definition) is 6. The molecule has 1 aliphatic heterocycles. The summed E-state index contributed by atoms with van der Waals surface area (Å²) < 4.78 is 0. The van der Waals surface area contributed by atoms with Gasteiger partial charge in [-0.3, -0.25) is 14.9 Å². The number of nitrogen functional groups attached to an aromatic ring is 1. The van der Waals surface area contributed by atoms with E-state index in [0.717, 1.165) is 11.8 Å². The Labute approximate surface area is 119 Å². The lowest BCUT2D eigenvalue weighted by Gasteiger charge is -2.21. The van der Waals surface area contributed by atoms with Gasteiger partial charge in [-0.15, -0.1) is 0 Å². The number of nitro benzene ring substituents is 1. The van der Waals surface area contributed by atoms with Gasteiger partial charge in [-0.1, -0.05) is 0 Å². The molecular weight excluding hydrogens is 280 g/mol. The zero-order valence-electron chi connectivity index (χ0n) is 10.5. The second-order valence-electron chi connectivity index (χ2n) is 4.48. The highest BCUT2D eigenvalue weighted by Crippen LogP contribution is 2.28. The van der Waals surface area contributed by atoms with Crippen molar-refractivity contribution in [3.05, 3.63) is 33.9 Å². The van der Waals surface area contributed by atoms with Gasteiger partial charge < -0.3 is 11.1 Å². The van der Waals surface area contributed by atoms with Crippen LogP contribution in [0.5, 0.6) is 0 Å². The second-order valence-corrected chi connectivity index (χ2v) is 5.59. The van der Waals surface area contributed by atoms with E-state index in [0.29, 0.717) is 12.2 Å². The monoisotopic (exact) mass is 292 g/mol. The number of carbonyl (C=O) groups excluding carboxylic acids is 1. The summed E-state index contributed by atoms with van der Waals surface area (Å²) in [5, 5.41) is 22.7. The largest absolute Gasteiger partial charge is 0.393 e. The van der Waals surface area contributed by atoms with Crippen LogP contribution >= 0.6 is 11.8 Å². The number of nitro groups is 1. The molecule has 1 heterocycles. The summed E-state index contributed by atoms with van der Waals surface area (Å²) >= 11 is 1.59. The standard InChI is InChI=1S/C12H12N4O3S/c13-6-12(3-4-20-7-12)15-11(17)8-1-2-9(14)10(5-8)16(18)19/h1-2,5H,3-4,7,14H2,(H,15,17). The fourth-order valence-corrected chi connectivity index (χ4v) is 3.18. The number of carbonyl (C=O) groups is 1. The SMILES string of the molecule is N#CC1(NC(=O)c2ccc(N)c([N+](=O)[O-])c2)CCSC1. The van der Waals surface area contributed by atoms with Crippen molar-refractivity contribution in [1.82, 2.24) is 5.32 Å². The van der Waals surface area contributed by atoms with Crippen molar-refractivity contribution in [2.24, 2.45) is 0 Å². The zero-order valence-corrected chi connectivity index (χ0v) is 11.3. The molecule has 1 atom stereocenters. The minimum atomic E-state index is -0.891. The summed E-state index contributed by atoms with van der Waals surface area (Å²) in [6, 6.07) is 5.96. The minimum Gasteiger partial charge on any atom is -0.393 e. The maximum Gasteiger partial charge on any atom is 0.292 e. The van der Waals surface area contributed by atoms with Crippen LogP contribution in [0.1, 0.15) is 16.8 Å². The predicted octanol–water partition coefficient (Wildman–Crippen LogP) is 1.31. The Kier molecular flexibility index (Phi) is 3.81. The second kappa shape index (κ2) is 5.38. The Morgan fingerprint density at radius 2 is 2.35 bits per heavy atom. The van der Waals surface area contributed by atoms with E-state index in [1.807, 2.05) is 0 Å². The average molecular weight is 292 g/mol. The molecule has 0 radical (unpaired) electrons. The van der Waals surface area contributed by atoms with E-state index in [2.05, 4.69) is 11.4 Å². The molecule has 1 amide bonds. The molecule has 3 N–H and O–H groups in total. The molecule has 1 fully saturated rings. The van der Waals surface area contributed by atoms with Crippen molar-refractivity contribution >= 4 is 29.0 Å². The summed E-state index contributed by atoms with van der Waals surface area (Å²) in [6.07, 6.45) is 0.566. The topological polar surface area (TPSA) is 122 Å². The Morgan fingerprint density at radius 3 is 2.90 bits per heavy atom. The van der Waals surface area contributed by atoms with E-state index >= 15 is 0 Å². The number of thioether (sulfide) groups is 1.